The van der Waals surface area contributed by atoms with Crippen LogP contribution in [0.3, 0.4) is 0 Å². The Hall–Kier alpha value is -2.97. The summed E-state index contributed by atoms with van der Waals surface area (Å²) in [6.45, 7) is 6.63. The standard InChI is InChI=1S/C19H24FN3O5/c1-6-14-21-16-12(17(22-14)28-10-15(24)26-5)8-11(9-13(16)20)23-19(3,4)18(25)27-7-2/h8-9,23H,6-7,10H2,1-5H3. The molecule has 2 rings (SSSR count). The van der Waals surface area contributed by atoms with Crippen molar-refractivity contribution in [2.45, 2.75) is 39.7 Å². The fourth-order valence-corrected chi connectivity index (χ4v) is 2.46. The number of ether oxygens (including phenoxy) is 3. The number of rotatable bonds is 8. The van der Waals surface area contributed by atoms with E-state index >= 15 is 0 Å². The van der Waals surface area contributed by atoms with Crippen LogP contribution in [0.15, 0.2) is 12.1 Å². The van der Waals surface area contributed by atoms with Crippen molar-refractivity contribution in [1.29, 1.82) is 0 Å². The molecule has 0 amide bonds. The quantitative estimate of drug-likeness (QED) is 0.684. The van der Waals surface area contributed by atoms with E-state index in [1.807, 2.05) is 6.92 Å². The number of halogens is 1. The summed E-state index contributed by atoms with van der Waals surface area (Å²) >= 11 is 0. The Balaban J connectivity index is 2.48. The molecular weight excluding hydrogens is 369 g/mol. The number of fused-ring (bicyclic) bond motifs is 1. The van der Waals surface area contributed by atoms with E-state index in [-0.39, 0.29) is 30.0 Å². The lowest BCUT2D eigenvalue weighted by Crippen LogP contribution is -2.41. The molecule has 0 aliphatic carbocycles. The van der Waals surface area contributed by atoms with Crippen LogP contribution < -0.4 is 10.1 Å². The fraction of sp³-hybridized carbons (Fsp3) is 0.474. The van der Waals surface area contributed by atoms with Crippen LogP contribution in [0.1, 0.15) is 33.5 Å². The molecule has 28 heavy (non-hydrogen) atoms. The van der Waals surface area contributed by atoms with Gasteiger partial charge >= 0.3 is 11.9 Å². The second kappa shape index (κ2) is 8.81. The second-order valence-corrected chi connectivity index (χ2v) is 6.49. The summed E-state index contributed by atoms with van der Waals surface area (Å²) < 4.78 is 29.8. The number of hydrogen-bond donors (Lipinski definition) is 1. The van der Waals surface area contributed by atoms with Crippen molar-refractivity contribution in [2.75, 3.05) is 25.6 Å². The Morgan fingerprint density at radius 3 is 2.54 bits per heavy atom. The van der Waals surface area contributed by atoms with Gasteiger partial charge in [0.1, 0.15) is 16.9 Å². The lowest BCUT2D eigenvalue weighted by atomic mass is 10.0. The third-order valence-electron chi connectivity index (χ3n) is 3.88. The van der Waals surface area contributed by atoms with E-state index in [1.54, 1.807) is 26.8 Å². The second-order valence-electron chi connectivity index (χ2n) is 6.49. The molecule has 0 bridgehead atoms. The van der Waals surface area contributed by atoms with Gasteiger partial charge < -0.3 is 19.5 Å². The third-order valence-corrected chi connectivity index (χ3v) is 3.88. The summed E-state index contributed by atoms with van der Waals surface area (Å²) in [5.41, 5.74) is -0.710. The molecule has 0 unspecified atom stereocenters. The Kier molecular flexibility index (Phi) is 6.71. The molecule has 0 spiro atoms. The maximum Gasteiger partial charge on any atom is 0.343 e. The molecule has 0 saturated heterocycles. The number of hydrogen-bond acceptors (Lipinski definition) is 8. The topological polar surface area (TPSA) is 99.6 Å². The fourth-order valence-electron chi connectivity index (χ4n) is 2.46. The van der Waals surface area contributed by atoms with Gasteiger partial charge in [-0.25, -0.2) is 19.0 Å². The van der Waals surface area contributed by atoms with Gasteiger partial charge in [0, 0.05) is 12.1 Å². The normalized spacial score (nSPS) is 11.2. The van der Waals surface area contributed by atoms with Crippen LogP contribution in [0.4, 0.5) is 10.1 Å². The van der Waals surface area contributed by atoms with Crippen LogP contribution in [0.25, 0.3) is 10.9 Å². The summed E-state index contributed by atoms with van der Waals surface area (Å²) in [6, 6.07) is 2.80. The zero-order valence-corrected chi connectivity index (χ0v) is 16.6. The van der Waals surface area contributed by atoms with Crippen LogP contribution in [0, 0.1) is 5.82 Å². The molecule has 1 heterocycles. The van der Waals surface area contributed by atoms with Gasteiger partial charge in [0.15, 0.2) is 12.4 Å². The maximum absolute atomic E-state index is 14.7. The Labute approximate surface area is 162 Å². The average Bonchev–Trinajstić information content (AvgIpc) is 2.65. The molecule has 1 aromatic heterocycles. The van der Waals surface area contributed by atoms with E-state index in [9.17, 15) is 14.0 Å². The minimum Gasteiger partial charge on any atom is -0.466 e. The first-order valence-electron chi connectivity index (χ1n) is 8.87. The van der Waals surface area contributed by atoms with E-state index < -0.39 is 23.3 Å². The van der Waals surface area contributed by atoms with Crippen molar-refractivity contribution in [3.63, 3.8) is 0 Å². The van der Waals surface area contributed by atoms with Gasteiger partial charge in [0.25, 0.3) is 0 Å². The zero-order chi connectivity index (χ0) is 20.9. The predicted molar refractivity (Wildman–Crippen MR) is 101 cm³/mol. The van der Waals surface area contributed by atoms with Gasteiger partial charge in [-0.15, -0.1) is 0 Å². The molecule has 1 aromatic carbocycles. The number of aromatic nitrogens is 2. The van der Waals surface area contributed by atoms with Gasteiger partial charge in [-0.05, 0) is 32.9 Å². The van der Waals surface area contributed by atoms with E-state index in [2.05, 4.69) is 20.0 Å². The van der Waals surface area contributed by atoms with E-state index in [0.717, 1.165) is 0 Å². The van der Waals surface area contributed by atoms with Crippen LogP contribution in [0.5, 0.6) is 5.88 Å². The number of carbonyl (C=O) groups is 2. The molecule has 0 radical (unpaired) electrons. The Morgan fingerprint density at radius 2 is 1.93 bits per heavy atom. The zero-order valence-electron chi connectivity index (χ0n) is 16.6. The molecule has 0 atom stereocenters. The first-order chi connectivity index (χ1) is 13.2. The first kappa shape index (κ1) is 21.3. The van der Waals surface area contributed by atoms with Crippen molar-refractivity contribution in [1.82, 2.24) is 9.97 Å². The highest BCUT2D eigenvalue weighted by atomic mass is 19.1. The van der Waals surface area contributed by atoms with Crippen molar-refractivity contribution in [3.05, 3.63) is 23.8 Å². The highest BCUT2D eigenvalue weighted by molar-refractivity contribution is 5.89. The summed E-state index contributed by atoms with van der Waals surface area (Å²) in [6.07, 6.45) is 0.458. The molecule has 0 saturated carbocycles. The largest absolute Gasteiger partial charge is 0.466 e. The maximum atomic E-state index is 14.7. The lowest BCUT2D eigenvalue weighted by Gasteiger charge is -2.25. The molecule has 152 valence electrons. The van der Waals surface area contributed by atoms with Crippen LogP contribution in [-0.2, 0) is 25.5 Å². The number of nitrogens with one attached hydrogen (secondary N) is 1. The minimum absolute atomic E-state index is 0.0590. The third kappa shape index (κ3) is 4.85. The number of esters is 2. The number of anilines is 1. The number of carbonyl (C=O) groups excluding carboxylic acids is 2. The highest BCUT2D eigenvalue weighted by Crippen LogP contribution is 2.30. The molecule has 0 aliphatic rings. The summed E-state index contributed by atoms with van der Waals surface area (Å²) in [5.74, 6) is -1.25. The molecular formula is C19H24FN3O5. The smallest absolute Gasteiger partial charge is 0.343 e. The van der Waals surface area contributed by atoms with Gasteiger partial charge in [-0.2, -0.15) is 4.98 Å². The first-order valence-corrected chi connectivity index (χ1v) is 8.87. The number of nitrogens with zero attached hydrogens (tertiary/aromatic N) is 2. The van der Waals surface area contributed by atoms with E-state index in [0.29, 0.717) is 17.9 Å². The van der Waals surface area contributed by atoms with Crippen molar-refractivity contribution in [2.24, 2.45) is 0 Å². The van der Waals surface area contributed by atoms with Crippen molar-refractivity contribution >= 4 is 28.5 Å². The van der Waals surface area contributed by atoms with Crippen molar-refractivity contribution < 1.29 is 28.2 Å². The molecule has 9 heteroatoms. The summed E-state index contributed by atoms with van der Waals surface area (Å²) in [4.78, 5) is 31.9. The number of benzene rings is 1. The van der Waals surface area contributed by atoms with Gasteiger partial charge in [0.2, 0.25) is 5.88 Å². The van der Waals surface area contributed by atoms with Gasteiger partial charge in [0.05, 0.1) is 19.1 Å². The van der Waals surface area contributed by atoms with Gasteiger partial charge in [-0.1, -0.05) is 6.92 Å². The SMILES string of the molecule is CCOC(=O)C(C)(C)Nc1cc(F)c2nc(CC)nc(OCC(=O)OC)c2c1. The summed E-state index contributed by atoms with van der Waals surface area (Å²) in [7, 11) is 1.24. The number of aryl methyl sites for hydroxylation is 1. The molecule has 8 nitrogen and oxygen atoms in total. The predicted octanol–water partition coefficient (Wildman–Crippen LogP) is 2.64. The molecule has 0 aliphatic heterocycles. The van der Waals surface area contributed by atoms with E-state index in [1.165, 1.54) is 13.2 Å². The monoisotopic (exact) mass is 393 g/mol. The molecule has 2 aromatic rings. The minimum atomic E-state index is -1.09. The lowest BCUT2D eigenvalue weighted by molar-refractivity contribution is -0.147. The van der Waals surface area contributed by atoms with Crippen LogP contribution >= 0.6 is 0 Å². The van der Waals surface area contributed by atoms with Crippen LogP contribution in [-0.4, -0.2) is 47.8 Å². The molecule has 1 N–H and O–H groups in total. The highest BCUT2D eigenvalue weighted by Gasteiger charge is 2.29. The van der Waals surface area contributed by atoms with Crippen molar-refractivity contribution in [3.8, 4) is 5.88 Å². The van der Waals surface area contributed by atoms with Gasteiger partial charge in [-0.3, -0.25) is 0 Å². The average molecular weight is 393 g/mol. The Morgan fingerprint density at radius 1 is 1.21 bits per heavy atom. The Bertz CT molecular complexity index is 885. The van der Waals surface area contributed by atoms with Crippen LogP contribution in [0.2, 0.25) is 0 Å². The van der Waals surface area contributed by atoms with E-state index in [4.69, 9.17) is 9.47 Å². The summed E-state index contributed by atoms with van der Waals surface area (Å²) in [5, 5.41) is 3.22. The molecule has 0 fully saturated rings. The number of methoxy groups -OCH3 is 1.